The minimum Gasteiger partial charge on any atom is -0.290 e. The van der Waals surface area contributed by atoms with Gasteiger partial charge in [0.15, 0.2) is 11.7 Å². The highest BCUT2D eigenvalue weighted by Gasteiger charge is 2.17. The Labute approximate surface area is 96.4 Å². The van der Waals surface area contributed by atoms with Crippen LogP contribution in [0.4, 0.5) is 0 Å². The molecule has 6 heteroatoms. The summed E-state index contributed by atoms with van der Waals surface area (Å²) in [4.78, 5) is 8.37. The summed E-state index contributed by atoms with van der Waals surface area (Å²) in [6.45, 7) is 11.2. The quantitative estimate of drug-likeness (QED) is 0.287. The van der Waals surface area contributed by atoms with Gasteiger partial charge in [-0.2, -0.15) is 0 Å². The van der Waals surface area contributed by atoms with Gasteiger partial charge >= 0.3 is 0 Å². The Hall–Kier alpha value is -1.14. The van der Waals surface area contributed by atoms with Gasteiger partial charge in [-0.1, -0.05) is 0 Å². The number of nitrogens with zero attached hydrogens (tertiary/aromatic N) is 2. The van der Waals surface area contributed by atoms with Gasteiger partial charge in [-0.25, -0.2) is 11.0 Å². The van der Waals surface area contributed by atoms with Crippen molar-refractivity contribution in [2.45, 2.75) is 52.6 Å². The third kappa shape index (κ3) is 6.36. The molecule has 0 aliphatic carbocycles. The van der Waals surface area contributed by atoms with E-state index >= 15 is 0 Å². The highest BCUT2D eigenvalue weighted by atomic mass is 16.5. The number of nitrogens with one attached hydrogen (secondary N) is 2. The van der Waals surface area contributed by atoms with E-state index in [0.29, 0.717) is 0 Å². The molecular weight excluding hydrogens is 208 g/mol. The van der Waals surface area contributed by atoms with Crippen LogP contribution in [0.3, 0.4) is 0 Å². The Balaban J connectivity index is 5.22. The average molecular weight is 230 g/mol. The molecule has 0 saturated carbocycles. The van der Waals surface area contributed by atoms with Crippen molar-refractivity contribution in [3.63, 3.8) is 0 Å². The van der Waals surface area contributed by atoms with E-state index in [1.165, 1.54) is 0 Å². The van der Waals surface area contributed by atoms with Crippen molar-refractivity contribution in [1.29, 1.82) is 0 Å². The summed E-state index contributed by atoms with van der Waals surface area (Å²) in [5.74, 6) is 0.204. The molecule has 0 spiro atoms. The van der Waals surface area contributed by atoms with Crippen molar-refractivity contribution < 1.29 is 10.4 Å². The van der Waals surface area contributed by atoms with E-state index < -0.39 is 0 Å². The average Bonchev–Trinajstić information content (AvgIpc) is 2.07. The third-order valence-corrected chi connectivity index (χ3v) is 1.33. The van der Waals surface area contributed by atoms with Gasteiger partial charge in [0.05, 0.1) is 11.1 Å². The summed E-state index contributed by atoms with van der Waals surface area (Å²) in [6, 6.07) is 0. The van der Waals surface area contributed by atoms with Gasteiger partial charge in [-0.3, -0.25) is 20.4 Å². The molecule has 16 heavy (non-hydrogen) atoms. The van der Waals surface area contributed by atoms with Crippen LogP contribution < -0.4 is 11.0 Å². The molecule has 0 rings (SSSR count). The second kappa shape index (κ2) is 5.27. The zero-order chi connectivity index (χ0) is 13.0. The standard InChI is InChI=1S/C10H22N4O2/c1-9(2,3)11-7(13-15)8(14-16)12-10(4,5)6/h15-16H,1-6H3,(H,11,13)(H,12,14). The van der Waals surface area contributed by atoms with Crippen molar-refractivity contribution in [1.82, 2.24) is 11.0 Å². The van der Waals surface area contributed by atoms with Gasteiger partial charge in [-0.15, -0.1) is 0 Å². The molecule has 0 aliphatic heterocycles. The molecule has 0 aromatic rings. The predicted octanol–water partition coefficient (Wildman–Crippen LogP) is 1.34. The first-order valence-electron chi connectivity index (χ1n) is 5.09. The first-order chi connectivity index (χ1) is 7.09. The van der Waals surface area contributed by atoms with E-state index in [9.17, 15) is 0 Å². The minimum absolute atomic E-state index is 0.102. The third-order valence-electron chi connectivity index (χ3n) is 1.33. The highest BCUT2D eigenvalue weighted by Crippen LogP contribution is 2.09. The molecule has 0 aromatic carbocycles. The molecule has 94 valence electrons. The summed E-state index contributed by atoms with van der Waals surface area (Å²) in [7, 11) is 0. The lowest BCUT2D eigenvalue weighted by Crippen LogP contribution is -2.40. The lowest BCUT2D eigenvalue weighted by molar-refractivity contribution is 0.221. The van der Waals surface area contributed by atoms with Crippen LogP contribution in [0.5, 0.6) is 0 Å². The van der Waals surface area contributed by atoms with Crippen LogP contribution in [0.2, 0.25) is 0 Å². The van der Waals surface area contributed by atoms with Gasteiger partial charge in [-0.05, 0) is 41.5 Å². The summed E-state index contributed by atoms with van der Waals surface area (Å²) in [6.07, 6.45) is 0. The lowest BCUT2D eigenvalue weighted by Gasteiger charge is -2.19. The Morgan fingerprint density at radius 3 is 1.12 bits per heavy atom. The largest absolute Gasteiger partial charge is 0.290 e. The second-order valence-corrected chi connectivity index (χ2v) is 5.49. The number of hydrogen-bond acceptors (Lipinski definition) is 4. The number of aliphatic imine (C=N–C) groups is 2. The van der Waals surface area contributed by atoms with Gasteiger partial charge in [0, 0.05) is 0 Å². The van der Waals surface area contributed by atoms with Crippen LogP contribution >= 0.6 is 0 Å². The van der Waals surface area contributed by atoms with Crippen molar-refractivity contribution in [3.05, 3.63) is 0 Å². The smallest absolute Gasteiger partial charge is 0.190 e. The highest BCUT2D eigenvalue weighted by molar-refractivity contribution is 6.39. The molecule has 4 N–H and O–H groups in total. The molecule has 0 aliphatic rings. The van der Waals surface area contributed by atoms with Gasteiger partial charge in [0.1, 0.15) is 0 Å². The van der Waals surface area contributed by atoms with Gasteiger partial charge < -0.3 is 0 Å². The monoisotopic (exact) mass is 230 g/mol. The molecule has 0 saturated heterocycles. The fourth-order valence-corrected chi connectivity index (χ4v) is 0.933. The maximum Gasteiger partial charge on any atom is 0.190 e. The van der Waals surface area contributed by atoms with E-state index in [1.54, 1.807) is 0 Å². The molecule has 0 aromatic heterocycles. The maximum absolute atomic E-state index is 8.97. The number of hydroxylamine groups is 2. The van der Waals surface area contributed by atoms with Crippen LogP contribution in [0.1, 0.15) is 41.5 Å². The Bertz CT molecular complexity index is 254. The summed E-state index contributed by atoms with van der Waals surface area (Å²) in [5, 5.41) is 17.9. The Morgan fingerprint density at radius 1 is 0.750 bits per heavy atom. The van der Waals surface area contributed by atoms with Crippen LogP contribution in [0, 0.1) is 0 Å². The van der Waals surface area contributed by atoms with E-state index in [1.807, 2.05) is 52.5 Å². The van der Waals surface area contributed by atoms with Crippen molar-refractivity contribution >= 4 is 11.7 Å². The molecule has 0 heterocycles. The predicted molar refractivity (Wildman–Crippen MR) is 64.2 cm³/mol. The summed E-state index contributed by atoms with van der Waals surface area (Å²) in [5.41, 5.74) is 3.08. The first-order valence-corrected chi connectivity index (χ1v) is 5.09. The summed E-state index contributed by atoms with van der Waals surface area (Å²) >= 11 is 0. The fourth-order valence-electron chi connectivity index (χ4n) is 0.933. The summed E-state index contributed by atoms with van der Waals surface area (Å²) < 4.78 is 0. The lowest BCUT2D eigenvalue weighted by atomic mass is 10.1. The van der Waals surface area contributed by atoms with Crippen molar-refractivity contribution in [2.24, 2.45) is 9.98 Å². The molecule has 0 unspecified atom stereocenters. The maximum atomic E-state index is 8.97. The molecule has 0 radical (unpaired) electrons. The minimum atomic E-state index is -0.388. The number of amidine groups is 2. The Morgan fingerprint density at radius 2 is 1.00 bits per heavy atom. The first kappa shape index (κ1) is 14.9. The number of hydrogen-bond donors (Lipinski definition) is 4. The zero-order valence-electron chi connectivity index (χ0n) is 10.8. The molecular formula is C10H22N4O2. The van der Waals surface area contributed by atoms with Gasteiger partial charge in [0.25, 0.3) is 0 Å². The van der Waals surface area contributed by atoms with Crippen LogP contribution in [-0.2, 0) is 0 Å². The molecule has 0 amide bonds. The van der Waals surface area contributed by atoms with Crippen LogP contribution in [0.15, 0.2) is 9.98 Å². The molecule has 0 atom stereocenters. The van der Waals surface area contributed by atoms with Crippen molar-refractivity contribution in [2.75, 3.05) is 0 Å². The second-order valence-electron chi connectivity index (χ2n) is 5.49. The molecule has 0 fully saturated rings. The topological polar surface area (TPSA) is 89.2 Å². The number of rotatable bonds is 0. The van der Waals surface area contributed by atoms with E-state index in [4.69, 9.17) is 10.4 Å². The molecule has 6 nitrogen and oxygen atoms in total. The van der Waals surface area contributed by atoms with Crippen molar-refractivity contribution in [3.8, 4) is 0 Å². The van der Waals surface area contributed by atoms with E-state index in [2.05, 4.69) is 9.98 Å². The van der Waals surface area contributed by atoms with E-state index in [-0.39, 0.29) is 22.7 Å². The normalized spacial score (nSPS) is 15.0. The van der Waals surface area contributed by atoms with E-state index in [0.717, 1.165) is 0 Å². The Kier molecular flexibility index (Phi) is 4.89. The van der Waals surface area contributed by atoms with Gasteiger partial charge in [0.2, 0.25) is 0 Å². The van der Waals surface area contributed by atoms with Crippen LogP contribution in [0.25, 0.3) is 0 Å². The molecule has 0 bridgehead atoms. The SMILES string of the molecule is CC(C)(C)N=C(NO)C(=NC(C)(C)C)NO. The van der Waals surface area contributed by atoms with Crippen LogP contribution in [-0.4, -0.2) is 33.2 Å². The fraction of sp³-hybridized carbons (Fsp3) is 0.800. The zero-order valence-corrected chi connectivity index (χ0v) is 10.8.